The number of benzene rings is 3. The van der Waals surface area contributed by atoms with Crippen molar-refractivity contribution >= 4 is 17.5 Å². The number of rotatable bonds is 7. The number of carbonyl (C=O) groups is 1. The molecule has 0 radical (unpaired) electrons. The van der Waals surface area contributed by atoms with Gasteiger partial charge >= 0.3 is 0 Å². The Kier molecular flexibility index (Phi) is 5.72. The molecule has 4 rings (SSSR count). The molecule has 0 N–H and O–H groups in total. The first-order chi connectivity index (χ1) is 14.3. The van der Waals surface area contributed by atoms with E-state index < -0.39 is 0 Å². The third-order valence-corrected chi connectivity index (χ3v) is 5.35. The Morgan fingerprint density at radius 2 is 1.55 bits per heavy atom. The Bertz CT molecular complexity index is 1110. The number of nitrogens with zero attached hydrogens (tertiary/aromatic N) is 3. The van der Waals surface area contributed by atoms with E-state index in [9.17, 15) is 4.79 Å². The van der Waals surface area contributed by atoms with E-state index in [2.05, 4.69) is 10.2 Å². The van der Waals surface area contributed by atoms with Gasteiger partial charge in [-0.15, -0.1) is 10.2 Å². The largest absolute Gasteiger partial charge is 0.496 e. The number of para-hydroxylation sites is 2. The second kappa shape index (κ2) is 8.75. The maximum atomic E-state index is 12.8. The Morgan fingerprint density at radius 3 is 2.28 bits per heavy atom. The normalized spacial score (nSPS) is 10.7. The van der Waals surface area contributed by atoms with Gasteiger partial charge in [0, 0.05) is 11.3 Å². The molecular weight excluding hydrogens is 382 g/mol. The minimum atomic E-state index is -0.0173. The standard InChI is InChI=1S/C23H19N3O2S/c1-28-21-15-9-8-14-19(21)20(27)16-29-23-25-24-22(17-10-4-2-5-11-17)26(23)18-12-6-3-7-13-18/h2-15H,16H2,1H3. The molecule has 3 aromatic carbocycles. The maximum Gasteiger partial charge on any atom is 0.196 e. The van der Waals surface area contributed by atoms with Gasteiger partial charge < -0.3 is 4.74 Å². The van der Waals surface area contributed by atoms with Crippen LogP contribution in [0.4, 0.5) is 0 Å². The van der Waals surface area contributed by atoms with E-state index in [0.29, 0.717) is 16.5 Å². The molecule has 0 bridgehead atoms. The molecule has 0 aliphatic heterocycles. The molecule has 0 fully saturated rings. The van der Waals surface area contributed by atoms with Gasteiger partial charge in [0.25, 0.3) is 0 Å². The van der Waals surface area contributed by atoms with Crippen LogP contribution in [0.3, 0.4) is 0 Å². The summed E-state index contributed by atoms with van der Waals surface area (Å²) in [6.45, 7) is 0. The molecule has 0 saturated heterocycles. The van der Waals surface area contributed by atoms with Gasteiger partial charge in [-0.05, 0) is 24.3 Å². The highest BCUT2D eigenvalue weighted by molar-refractivity contribution is 7.99. The molecule has 0 atom stereocenters. The van der Waals surface area contributed by atoms with E-state index >= 15 is 0 Å². The lowest BCUT2D eigenvalue weighted by atomic mass is 10.1. The molecule has 6 heteroatoms. The minimum Gasteiger partial charge on any atom is -0.496 e. The third-order valence-electron chi connectivity index (χ3n) is 4.42. The lowest BCUT2D eigenvalue weighted by Gasteiger charge is -2.10. The van der Waals surface area contributed by atoms with Gasteiger partial charge in [-0.25, -0.2) is 0 Å². The molecule has 1 aromatic heterocycles. The van der Waals surface area contributed by atoms with Crippen molar-refractivity contribution in [2.45, 2.75) is 5.16 Å². The Balaban J connectivity index is 1.66. The number of hydrogen-bond acceptors (Lipinski definition) is 5. The van der Waals surface area contributed by atoms with Crippen LogP contribution < -0.4 is 4.74 Å². The first-order valence-electron chi connectivity index (χ1n) is 9.13. The highest BCUT2D eigenvalue weighted by Crippen LogP contribution is 2.29. The van der Waals surface area contributed by atoms with E-state index in [-0.39, 0.29) is 11.5 Å². The van der Waals surface area contributed by atoms with Crippen molar-refractivity contribution in [1.82, 2.24) is 14.8 Å². The lowest BCUT2D eigenvalue weighted by molar-refractivity contribution is 0.101. The van der Waals surface area contributed by atoms with Crippen LogP contribution in [0.15, 0.2) is 90.1 Å². The summed E-state index contributed by atoms with van der Waals surface area (Å²) in [5.74, 6) is 1.54. The van der Waals surface area contributed by atoms with Crippen molar-refractivity contribution in [3.05, 3.63) is 90.5 Å². The molecule has 5 nitrogen and oxygen atoms in total. The zero-order valence-corrected chi connectivity index (χ0v) is 16.7. The number of Topliss-reactive ketones (excluding diaryl/α,β-unsaturated/α-hetero) is 1. The maximum absolute atomic E-state index is 12.8. The summed E-state index contributed by atoms with van der Waals surface area (Å²) >= 11 is 1.36. The predicted octanol–water partition coefficient (Wildman–Crippen LogP) is 4.92. The molecule has 29 heavy (non-hydrogen) atoms. The number of hydrogen-bond donors (Lipinski definition) is 0. The minimum absolute atomic E-state index is 0.0173. The molecule has 1 heterocycles. The molecule has 144 valence electrons. The van der Waals surface area contributed by atoms with E-state index in [4.69, 9.17) is 4.74 Å². The summed E-state index contributed by atoms with van der Waals surface area (Å²) < 4.78 is 7.29. The topological polar surface area (TPSA) is 57.0 Å². The van der Waals surface area contributed by atoms with Gasteiger partial charge in [0.05, 0.1) is 18.4 Å². The predicted molar refractivity (Wildman–Crippen MR) is 115 cm³/mol. The molecule has 0 aliphatic carbocycles. The van der Waals surface area contributed by atoms with E-state index in [1.807, 2.05) is 77.4 Å². The smallest absolute Gasteiger partial charge is 0.196 e. The van der Waals surface area contributed by atoms with Crippen LogP contribution in [0.5, 0.6) is 5.75 Å². The van der Waals surface area contributed by atoms with Crippen molar-refractivity contribution < 1.29 is 9.53 Å². The van der Waals surface area contributed by atoms with Crippen molar-refractivity contribution in [2.24, 2.45) is 0 Å². The molecule has 0 spiro atoms. The zero-order chi connectivity index (χ0) is 20.1. The van der Waals surface area contributed by atoms with Gasteiger partial charge in [-0.1, -0.05) is 72.4 Å². The summed E-state index contributed by atoms with van der Waals surface area (Å²) in [6.07, 6.45) is 0. The third kappa shape index (κ3) is 4.07. The van der Waals surface area contributed by atoms with Crippen LogP contribution in [0.25, 0.3) is 17.1 Å². The fourth-order valence-electron chi connectivity index (χ4n) is 3.03. The van der Waals surface area contributed by atoms with Crippen molar-refractivity contribution in [3.63, 3.8) is 0 Å². The van der Waals surface area contributed by atoms with Crippen LogP contribution in [0, 0.1) is 0 Å². The SMILES string of the molecule is COc1ccccc1C(=O)CSc1nnc(-c2ccccc2)n1-c1ccccc1. The molecule has 0 amide bonds. The fraction of sp³-hybridized carbons (Fsp3) is 0.0870. The lowest BCUT2D eigenvalue weighted by Crippen LogP contribution is -2.06. The Hall–Kier alpha value is -3.38. The van der Waals surface area contributed by atoms with Crippen LogP contribution in [-0.2, 0) is 0 Å². The van der Waals surface area contributed by atoms with Crippen molar-refractivity contribution in [2.75, 3.05) is 12.9 Å². The average molecular weight is 401 g/mol. The second-order valence-electron chi connectivity index (χ2n) is 6.26. The van der Waals surface area contributed by atoms with Crippen LogP contribution in [0.1, 0.15) is 10.4 Å². The summed E-state index contributed by atoms with van der Waals surface area (Å²) in [6, 6.07) is 27.1. The monoisotopic (exact) mass is 401 g/mol. The first-order valence-corrected chi connectivity index (χ1v) is 10.1. The molecule has 0 aliphatic rings. The van der Waals surface area contributed by atoms with Crippen molar-refractivity contribution in [3.8, 4) is 22.8 Å². The zero-order valence-electron chi connectivity index (χ0n) is 15.9. The number of aromatic nitrogens is 3. The summed E-state index contributed by atoms with van der Waals surface area (Å²) in [4.78, 5) is 12.8. The number of ketones is 1. The van der Waals surface area contributed by atoms with Crippen molar-refractivity contribution in [1.29, 1.82) is 0 Å². The molecule has 0 saturated carbocycles. The molecule has 4 aromatic rings. The summed E-state index contributed by atoms with van der Waals surface area (Å²) in [5, 5.41) is 9.44. The quantitative estimate of drug-likeness (QED) is 0.325. The van der Waals surface area contributed by atoms with E-state index in [0.717, 1.165) is 17.1 Å². The summed E-state index contributed by atoms with van der Waals surface area (Å²) in [7, 11) is 1.57. The van der Waals surface area contributed by atoms with Gasteiger partial charge in [-0.2, -0.15) is 0 Å². The van der Waals surface area contributed by atoms with E-state index in [1.54, 1.807) is 19.2 Å². The number of thioether (sulfide) groups is 1. The van der Waals surface area contributed by atoms with Gasteiger partial charge in [0.1, 0.15) is 5.75 Å². The average Bonchev–Trinajstić information content (AvgIpc) is 3.22. The van der Waals surface area contributed by atoms with Gasteiger partial charge in [0.15, 0.2) is 16.8 Å². The van der Waals surface area contributed by atoms with E-state index in [1.165, 1.54) is 11.8 Å². The van der Waals surface area contributed by atoms with Crippen LogP contribution in [0.2, 0.25) is 0 Å². The Morgan fingerprint density at radius 1 is 0.897 bits per heavy atom. The molecular formula is C23H19N3O2S. The van der Waals surface area contributed by atoms with Gasteiger partial charge in [0.2, 0.25) is 0 Å². The Labute approximate surface area is 173 Å². The highest BCUT2D eigenvalue weighted by Gasteiger charge is 2.18. The molecule has 0 unspecified atom stereocenters. The van der Waals surface area contributed by atoms with Crippen LogP contribution >= 0.6 is 11.8 Å². The van der Waals surface area contributed by atoms with Gasteiger partial charge in [-0.3, -0.25) is 9.36 Å². The summed E-state index contributed by atoms with van der Waals surface area (Å²) in [5.41, 5.74) is 2.48. The second-order valence-corrected chi connectivity index (χ2v) is 7.20. The first kappa shape index (κ1) is 19.0. The number of carbonyl (C=O) groups excluding carboxylic acids is 1. The highest BCUT2D eigenvalue weighted by atomic mass is 32.2. The fourth-order valence-corrected chi connectivity index (χ4v) is 3.87. The van der Waals surface area contributed by atoms with Crippen LogP contribution in [-0.4, -0.2) is 33.4 Å². The number of methoxy groups -OCH3 is 1. The number of ether oxygens (including phenoxy) is 1.